The number of benzene rings is 1. The lowest BCUT2D eigenvalue weighted by Gasteiger charge is -2.27. The van der Waals surface area contributed by atoms with Crippen LogP contribution in [0.4, 0.5) is 0 Å². The molecule has 1 atom stereocenters. The summed E-state index contributed by atoms with van der Waals surface area (Å²) < 4.78 is 0. The van der Waals surface area contributed by atoms with Gasteiger partial charge in [-0.15, -0.1) is 0 Å². The summed E-state index contributed by atoms with van der Waals surface area (Å²) in [7, 11) is 0. The van der Waals surface area contributed by atoms with E-state index in [1.54, 1.807) is 0 Å². The smallest absolute Gasteiger partial charge is 0.0909 e. The molecule has 16 heavy (non-hydrogen) atoms. The summed E-state index contributed by atoms with van der Waals surface area (Å²) in [6, 6.07) is 6.40. The Labute approximate surface area is 97.7 Å². The van der Waals surface area contributed by atoms with Crippen LogP contribution >= 0.6 is 0 Å². The highest BCUT2D eigenvalue weighted by atomic mass is 16.3. The average Bonchev–Trinajstić information content (AvgIpc) is 2.43. The first-order valence-corrected chi connectivity index (χ1v) is 6.12. The van der Waals surface area contributed by atoms with Gasteiger partial charge in [0.2, 0.25) is 0 Å². The van der Waals surface area contributed by atoms with Gasteiger partial charge in [0.25, 0.3) is 0 Å². The lowest BCUT2D eigenvalue weighted by atomic mass is 9.85. The Kier molecular flexibility index (Phi) is 3.31. The number of aryl methyl sites for hydroxylation is 2. The normalized spacial score (nSPS) is 26.4. The van der Waals surface area contributed by atoms with Gasteiger partial charge in [-0.05, 0) is 51.8 Å². The molecule has 0 amide bonds. The van der Waals surface area contributed by atoms with Crippen LogP contribution in [0.1, 0.15) is 36.0 Å². The van der Waals surface area contributed by atoms with Crippen molar-refractivity contribution < 1.29 is 5.11 Å². The van der Waals surface area contributed by atoms with Gasteiger partial charge in [-0.25, -0.2) is 0 Å². The summed E-state index contributed by atoms with van der Waals surface area (Å²) in [5, 5.41) is 14.1. The minimum absolute atomic E-state index is 0.625. The lowest BCUT2D eigenvalue weighted by molar-refractivity contribution is 0.0239. The van der Waals surface area contributed by atoms with Crippen LogP contribution in [0.2, 0.25) is 0 Å². The molecule has 1 saturated heterocycles. The Morgan fingerprint density at radius 1 is 1.06 bits per heavy atom. The predicted molar refractivity (Wildman–Crippen MR) is 66.5 cm³/mol. The van der Waals surface area contributed by atoms with Crippen molar-refractivity contribution in [2.24, 2.45) is 0 Å². The summed E-state index contributed by atoms with van der Waals surface area (Å²) in [6.45, 7) is 6.11. The topological polar surface area (TPSA) is 32.3 Å². The molecule has 1 aromatic carbocycles. The SMILES string of the molecule is Cc1cc(C)cc(C2(O)CCCNCC2)c1. The summed E-state index contributed by atoms with van der Waals surface area (Å²) >= 11 is 0. The highest BCUT2D eigenvalue weighted by Crippen LogP contribution is 2.32. The van der Waals surface area contributed by atoms with Crippen LogP contribution in [0.3, 0.4) is 0 Å². The molecular weight excluding hydrogens is 198 g/mol. The highest BCUT2D eigenvalue weighted by molar-refractivity contribution is 5.32. The molecule has 0 saturated carbocycles. The van der Waals surface area contributed by atoms with Gasteiger partial charge in [-0.2, -0.15) is 0 Å². The number of hydrogen-bond acceptors (Lipinski definition) is 2. The molecule has 0 bridgehead atoms. The van der Waals surface area contributed by atoms with Gasteiger partial charge < -0.3 is 10.4 Å². The minimum atomic E-state index is -0.625. The van der Waals surface area contributed by atoms with Crippen molar-refractivity contribution in [2.45, 2.75) is 38.7 Å². The monoisotopic (exact) mass is 219 g/mol. The third-order valence-corrected chi connectivity index (χ3v) is 3.42. The molecule has 1 aromatic rings. The van der Waals surface area contributed by atoms with Gasteiger partial charge in [-0.1, -0.05) is 29.3 Å². The lowest BCUT2D eigenvalue weighted by Crippen LogP contribution is -2.27. The van der Waals surface area contributed by atoms with Crippen LogP contribution in [0.5, 0.6) is 0 Å². The maximum atomic E-state index is 10.7. The van der Waals surface area contributed by atoms with Crippen molar-refractivity contribution in [1.82, 2.24) is 5.32 Å². The van der Waals surface area contributed by atoms with E-state index in [2.05, 4.69) is 37.4 Å². The quantitative estimate of drug-likeness (QED) is 0.759. The molecule has 2 N–H and O–H groups in total. The van der Waals surface area contributed by atoms with Crippen LogP contribution in [0.25, 0.3) is 0 Å². The molecule has 0 radical (unpaired) electrons. The first-order chi connectivity index (χ1) is 7.60. The predicted octanol–water partition coefficient (Wildman–Crippen LogP) is 2.26. The van der Waals surface area contributed by atoms with E-state index in [0.29, 0.717) is 0 Å². The molecule has 1 fully saturated rings. The van der Waals surface area contributed by atoms with Gasteiger partial charge in [0, 0.05) is 0 Å². The van der Waals surface area contributed by atoms with Gasteiger partial charge in [-0.3, -0.25) is 0 Å². The third kappa shape index (κ3) is 2.45. The van der Waals surface area contributed by atoms with Gasteiger partial charge in [0.05, 0.1) is 5.60 Å². The van der Waals surface area contributed by atoms with Crippen molar-refractivity contribution in [3.8, 4) is 0 Å². The van der Waals surface area contributed by atoms with Crippen molar-refractivity contribution in [1.29, 1.82) is 0 Å². The van der Waals surface area contributed by atoms with E-state index >= 15 is 0 Å². The third-order valence-electron chi connectivity index (χ3n) is 3.42. The zero-order valence-electron chi connectivity index (χ0n) is 10.2. The van der Waals surface area contributed by atoms with Crippen LogP contribution in [-0.4, -0.2) is 18.2 Å². The fourth-order valence-corrected chi connectivity index (χ4v) is 2.58. The molecule has 2 nitrogen and oxygen atoms in total. The second-order valence-electron chi connectivity index (χ2n) is 5.01. The number of aliphatic hydroxyl groups is 1. The molecule has 1 unspecified atom stereocenters. The van der Waals surface area contributed by atoms with Crippen LogP contribution in [-0.2, 0) is 5.60 Å². The van der Waals surface area contributed by atoms with Crippen molar-refractivity contribution in [3.05, 3.63) is 34.9 Å². The van der Waals surface area contributed by atoms with Crippen molar-refractivity contribution in [2.75, 3.05) is 13.1 Å². The molecule has 2 heteroatoms. The summed E-state index contributed by atoms with van der Waals surface area (Å²) in [5.74, 6) is 0. The fraction of sp³-hybridized carbons (Fsp3) is 0.571. The Morgan fingerprint density at radius 3 is 2.44 bits per heavy atom. The fourth-order valence-electron chi connectivity index (χ4n) is 2.58. The molecule has 0 spiro atoms. The van der Waals surface area contributed by atoms with E-state index in [-0.39, 0.29) is 0 Å². The largest absolute Gasteiger partial charge is 0.385 e. The summed E-state index contributed by atoms with van der Waals surface area (Å²) in [4.78, 5) is 0. The average molecular weight is 219 g/mol. The maximum absolute atomic E-state index is 10.7. The second-order valence-corrected chi connectivity index (χ2v) is 5.01. The summed E-state index contributed by atoms with van der Waals surface area (Å²) in [5.41, 5.74) is 2.94. The summed E-state index contributed by atoms with van der Waals surface area (Å²) in [6.07, 6.45) is 2.72. The Balaban J connectivity index is 2.32. The first-order valence-electron chi connectivity index (χ1n) is 6.12. The molecule has 0 aliphatic carbocycles. The van der Waals surface area contributed by atoms with E-state index in [9.17, 15) is 5.11 Å². The minimum Gasteiger partial charge on any atom is -0.385 e. The molecular formula is C14H21NO. The van der Waals surface area contributed by atoms with Crippen LogP contribution in [0, 0.1) is 13.8 Å². The van der Waals surface area contributed by atoms with Gasteiger partial charge in [0.15, 0.2) is 0 Å². The van der Waals surface area contributed by atoms with Crippen LogP contribution in [0.15, 0.2) is 18.2 Å². The van der Waals surface area contributed by atoms with Gasteiger partial charge >= 0.3 is 0 Å². The number of nitrogens with one attached hydrogen (secondary N) is 1. The molecule has 1 aliphatic heterocycles. The standard InChI is InChI=1S/C14H21NO/c1-11-8-12(2)10-13(9-11)14(16)4-3-6-15-7-5-14/h8-10,15-16H,3-7H2,1-2H3. The van der Waals surface area contributed by atoms with Gasteiger partial charge in [0.1, 0.15) is 0 Å². The van der Waals surface area contributed by atoms with E-state index in [0.717, 1.165) is 37.9 Å². The Morgan fingerprint density at radius 2 is 1.75 bits per heavy atom. The molecule has 88 valence electrons. The zero-order valence-corrected chi connectivity index (χ0v) is 10.2. The van der Waals surface area contributed by atoms with Crippen molar-refractivity contribution >= 4 is 0 Å². The Bertz CT molecular complexity index is 345. The van der Waals surface area contributed by atoms with E-state index < -0.39 is 5.60 Å². The maximum Gasteiger partial charge on any atom is 0.0909 e. The zero-order chi connectivity index (χ0) is 11.6. The molecule has 1 heterocycles. The second kappa shape index (κ2) is 4.56. The van der Waals surface area contributed by atoms with Crippen LogP contribution < -0.4 is 5.32 Å². The molecule has 0 aromatic heterocycles. The molecule has 2 rings (SSSR count). The Hall–Kier alpha value is -0.860. The first kappa shape index (κ1) is 11.6. The van der Waals surface area contributed by atoms with E-state index in [1.165, 1.54) is 11.1 Å². The molecule has 1 aliphatic rings. The number of hydrogen-bond donors (Lipinski definition) is 2. The number of rotatable bonds is 1. The highest BCUT2D eigenvalue weighted by Gasteiger charge is 2.30. The van der Waals surface area contributed by atoms with E-state index in [4.69, 9.17) is 0 Å². The van der Waals surface area contributed by atoms with E-state index in [1.807, 2.05) is 0 Å². The van der Waals surface area contributed by atoms with Crippen molar-refractivity contribution in [3.63, 3.8) is 0 Å².